The van der Waals surface area contributed by atoms with Crippen LogP contribution in [0.2, 0.25) is 0 Å². The van der Waals surface area contributed by atoms with Gasteiger partial charge < -0.3 is 67.2 Å². The van der Waals surface area contributed by atoms with Gasteiger partial charge in [0.25, 0.3) is 22.2 Å². The molecule has 18 N–H and O–H groups in total. The first-order valence-corrected chi connectivity index (χ1v) is 36.4. The SMILES string of the molecule is C=CC(=O)OCC.CC(C)c1cc(C(=N)N(C(N)=O)c2ccc(CN3CCN(C(=O)CCn4cc(F)c(=O)[nH]c4=O)CC3)cc2)c(O)cc1O.CC(C)c1cc(C(=N)N(C(N)=O)c2ccc(CN3CCNCC3)cc2)c(O)cc1O.CCOC(=O)CCn1cc(F)c(=O)[nH]c1=O.O=C(O)CCn1cc(F)c(=O)[nH]c1=O.O=c1[nH]cc(F)c(=O)[nH]1.[Na+].[OH-]. The number of rotatable bonds is 22. The van der Waals surface area contributed by atoms with Gasteiger partial charge in [0.15, 0.2) is 0 Å². The number of aromatic hydroxyl groups is 4. The van der Waals surface area contributed by atoms with Crippen molar-refractivity contribution in [1.29, 1.82) is 10.8 Å². The zero-order valence-electron chi connectivity index (χ0n) is 66.9. The average Bonchev–Trinajstić information content (AvgIpc) is 0.795. The number of esters is 2. The van der Waals surface area contributed by atoms with Gasteiger partial charge in [0, 0.05) is 116 Å². The van der Waals surface area contributed by atoms with E-state index in [0.29, 0.717) is 74.2 Å². The number of urea groups is 2. The molecule has 2 aliphatic rings. The van der Waals surface area contributed by atoms with Crippen molar-refractivity contribution in [3.8, 4) is 23.0 Å². The van der Waals surface area contributed by atoms with Gasteiger partial charge in [-0.3, -0.25) is 87.8 Å². The first-order valence-electron chi connectivity index (χ1n) is 36.4. The third kappa shape index (κ3) is 31.6. The molecule has 2 fully saturated rings. The number of amides is 5. The molecule has 0 aliphatic carbocycles. The van der Waals surface area contributed by atoms with Gasteiger partial charge in [-0.05, 0) is 84.3 Å². The number of hydrogen-bond acceptors (Lipinski definition) is 26. The third-order valence-electron chi connectivity index (χ3n) is 17.2. The molecule has 4 aromatic carbocycles. The minimum Gasteiger partial charge on any atom is -0.870 e. The number of phenolic OH excluding ortho intramolecular Hbond substituents is 4. The van der Waals surface area contributed by atoms with Gasteiger partial charge in [-0.1, -0.05) is 58.5 Å². The van der Waals surface area contributed by atoms with Crippen LogP contribution in [0, 0.1) is 34.1 Å². The fourth-order valence-corrected chi connectivity index (χ4v) is 11.1. The van der Waals surface area contributed by atoms with Gasteiger partial charge in [0.2, 0.25) is 29.2 Å². The standard InChI is InChI=1S/C29H34FN7O6.C22H29N5O3.C9H11FN2O4.C7H7FN2O4.C5H8O2.C4H3FN2O2.Na.H2O/c1-17(2)20-13-21(24(39)14-23(20)38)26(31)37(28(32)42)19-5-3-18(4-6-19)15-34-9-11-35(12-10-34)25(40)7-8-36-16-22(30)27(41)33-29(36)43;1-14(2)17-11-18(20(29)12-19(17)28)21(23)27(22(24)30)16-5-3-15(4-6-16)13-26-9-7-25-8-10-26;1-2-16-7(13)3-4-12-5-6(10)8(14)11-9(12)15;8-4-3-10(2-1-5(11)12)7(14)9-6(4)13;1-3-5(6)7-4-2;5-2-1-6-4(9)7-3(2)8;;/h3-6,13-14,16-17,31,38-39H,7-12,15H2,1-2H3,(H2,32,42)(H,33,41,43);3-6,11-12,14,23,25,28-29H,7-10,13H2,1-2H3,(H2,24,30);5H,2-4H2,1H3,(H,11,14,15);3H,1-2H2,(H,11,12)(H,9,13,14);3H,1,4H2,2H3;1H,(H2,6,7,8,9);;1H2/q;;;;;;+1;/p-1. The number of aliphatic carboxylic acids is 1. The molecule has 0 unspecified atom stereocenters. The van der Waals surface area contributed by atoms with Crippen molar-refractivity contribution >= 4 is 58.9 Å². The van der Waals surface area contributed by atoms with E-state index in [1.165, 1.54) is 18.2 Å². The summed E-state index contributed by atoms with van der Waals surface area (Å²) in [4.78, 5) is 172. The summed E-state index contributed by atoms with van der Waals surface area (Å²) in [6, 6.07) is 17.8. The number of benzene rings is 4. The number of hydrogen-bond donors (Lipinski definition) is 15. The zero-order chi connectivity index (χ0) is 88.7. The molecule has 648 valence electrons. The number of amidine groups is 2. The van der Waals surface area contributed by atoms with Crippen LogP contribution in [0.15, 0.2) is 149 Å². The predicted octanol–water partition coefficient (Wildman–Crippen LogP) is -0.0632. The second-order valence-electron chi connectivity index (χ2n) is 26.3. The topological polar surface area (TPSA) is 610 Å². The first-order chi connectivity index (χ1) is 56.2. The fourth-order valence-electron chi connectivity index (χ4n) is 11.1. The third-order valence-corrected chi connectivity index (χ3v) is 17.2. The van der Waals surface area contributed by atoms with E-state index in [2.05, 4.69) is 31.2 Å². The number of aryl methyl sites for hydroxylation is 3. The molecule has 0 atom stereocenters. The first kappa shape index (κ1) is 102. The van der Waals surface area contributed by atoms with E-state index in [4.69, 9.17) is 27.4 Å². The summed E-state index contributed by atoms with van der Waals surface area (Å²) in [6.07, 6.45) is 3.71. The second-order valence-corrected chi connectivity index (χ2v) is 26.3. The zero-order valence-corrected chi connectivity index (χ0v) is 68.9. The Kier molecular flexibility index (Phi) is 41.6. The maximum atomic E-state index is 13.5. The van der Waals surface area contributed by atoms with E-state index >= 15 is 0 Å². The molecule has 4 aromatic heterocycles. The van der Waals surface area contributed by atoms with E-state index in [-0.39, 0.29) is 150 Å². The van der Waals surface area contributed by atoms with Gasteiger partial charge in [-0.15, -0.1) is 0 Å². The number of primary amides is 2. The van der Waals surface area contributed by atoms with Crippen molar-refractivity contribution in [2.75, 3.05) is 75.4 Å². The van der Waals surface area contributed by atoms with Crippen LogP contribution in [0.5, 0.6) is 23.0 Å². The van der Waals surface area contributed by atoms with E-state index in [0.717, 1.165) is 91.9 Å². The summed E-state index contributed by atoms with van der Waals surface area (Å²) in [5.74, 6) is -7.91. The van der Waals surface area contributed by atoms with Crippen LogP contribution in [0.25, 0.3) is 0 Å². The minimum atomic E-state index is -1.12. The number of phenols is 4. The Balaban J connectivity index is 0.000000417. The maximum Gasteiger partial charge on any atom is 1.00 e. The van der Waals surface area contributed by atoms with Crippen molar-refractivity contribution < 1.29 is 116 Å². The molecule has 5 amide bonds. The van der Waals surface area contributed by atoms with Gasteiger partial charge >= 0.3 is 82.3 Å². The monoisotopic (exact) mass is 1710 g/mol. The number of nitrogens with one attached hydrogen (secondary N) is 8. The Bertz CT molecular complexity index is 5450. The molecular formula is C76H93F4N18NaO22. The molecule has 45 heteroatoms. The number of piperazine rings is 2. The summed E-state index contributed by atoms with van der Waals surface area (Å²) in [7, 11) is 0. The van der Waals surface area contributed by atoms with Crippen molar-refractivity contribution in [2.45, 2.75) is 105 Å². The Morgan fingerprint density at radius 1 is 0.537 bits per heavy atom. The largest absolute Gasteiger partial charge is 1.00 e. The van der Waals surface area contributed by atoms with Crippen molar-refractivity contribution in [2.24, 2.45) is 11.5 Å². The smallest absolute Gasteiger partial charge is 0.870 e. The molecule has 40 nitrogen and oxygen atoms in total. The summed E-state index contributed by atoms with van der Waals surface area (Å²) in [5.41, 5.74) is 7.90. The minimum absolute atomic E-state index is 0. The van der Waals surface area contributed by atoms with Crippen LogP contribution in [-0.4, -0.2) is 197 Å². The van der Waals surface area contributed by atoms with Gasteiger partial charge in [-0.2, -0.15) is 17.6 Å². The molecule has 2 saturated heterocycles. The van der Waals surface area contributed by atoms with Crippen molar-refractivity contribution in [1.82, 2.24) is 58.6 Å². The Morgan fingerprint density at radius 3 is 1.25 bits per heavy atom. The molecular weight excluding hydrogens is 1620 g/mol. The number of carbonyl (C=O) groups excluding carboxylic acids is 5. The van der Waals surface area contributed by atoms with Crippen LogP contribution in [0.4, 0.5) is 38.5 Å². The van der Waals surface area contributed by atoms with Crippen LogP contribution < -0.4 is 101 Å². The molecule has 8 aromatic rings. The molecule has 0 radical (unpaired) electrons. The van der Waals surface area contributed by atoms with Crippen LogP contribution in [-0.2, 0) is 61.4 Å². The van der Waals surface area contributed by atoms with Crippen molar-refractivity contribution in [3.63, 3.8) is 0 Å². The molecule has 2 aliphatic heterocycles. The van der Waals surface area contributed by atoms with E-state index < -0.39 is 92.3 Å². The van der Waals surface area contributed by atoms with E-state index in [1.807, 2.05) is 49.8 Å². The number of halogens is 4. The maximum absolute atomic E-state index is 13.5. The Morgan fingerprint density at radius 2 is 0.909 bits per heavy atom. The second kappa shape index (κ2) is 49.3. The number of aromatic amines is 5. The Hall–Kier alpha value is -13.1. The number of anilines is 2. The number of carboxylic acids is 1. The number of nitrogens with two attached hydrogens (primary N) is 2. The molecule has 0 spiro atoms. The van der Waals surface area contributed by atoms with E-state index in [1.54, 1.807) is 70.1 Å². The number of nitrogens with zero attached hydrogens (tertiary/aromatic N) is 8. The summed E-state index contributed by atoms with van der Waals surface area (Å²) in [6.45, 7) is 21.9. The van der Waals surface area contributed by atoms with Gasteiger partial charge in [0.1, 0.15) is 34.7 Å². The quantitative estimate of drug-likeness (QED) is 0.0105. The normalized spacial score (nSPS) is 12.1. The molecule has 0 saturated carbocycles. The fraction of sp³-hybridized carbons (Fsp3) is 0.342. The Labute approximate surface area is 706 Å². The number of carbonyl (C=O) groups is 6. The number of H-pyrrole nitrogens is 5. The van der Waals surface area contributed by atoms with Crippen molar-refractivity contribution in [3.05, 3.63) is 250 Å². The molecule has 6 heterocycles. The number of aromatic nitrogens is 8. The number of carboxylic acid groups (broad SMARTS) is 1. The summed E-state index contributed by atoms with van der Waals surface area (Å²) in [5, 5.41) is 69.6. The van der Waals surface area contributed by atoms with Crippen LogP contribution >= 0.6 is 0 Å². The molecule has 121 heavy (non-hydrogen) atoms. The van der Waals surface area contributed by atoms with Gasteiger partial charge in [-0.25, -0.2) is 43.4 Å². The predicted molar refractivity (Wildman–Crippen MR) is 427 cm³/mol. The molecule has 0 bridgehead atoms. The van der Waals surface area contributed by atoms with Gasteiger partial charge in [0.05, 0.1) is 67.1 Å². The van der Waals surface area contributed by atoms with Crippen LogP contribution in [0.3, 0.4) is 0 Å². The van der Waals surface area contributed by atoms with Crippen LogP contribution in [0.1, 0.15) is 106 Å². The molecule has 10 rings (SSSR count). The summed E-state index contributed by atoms with van der Waals surface area (Å²) >= 11 is 0. The average molecular weight is 1710 g/mol. The van der Waals surface area contributed by atoms with E-state index in [9.17, 15) is 105 Å². The number of ether oxygens (including phenoxy) is 2. The summed E-state index contributed by atoms with van der Waals surface area (Å²) < 4.78 is 62.6.